The van der Waals surface area contributed by atoms with Crippen molar-refractivity contribution in [2.45, 2.75) is 33.0 Å². The molecule has 1 aromatic carbocycles. The van der Waals surface area contributed by atoms with Gasteiger partial charge in [-0.3, -0.25) is 4.99 Å². The Morgan fingerprint density at radius 1 is 1.23 bits per heavy atom. The third-order valence-electron chi connectivity index (χ3n) is 4.18. The molecule has 0 bridgehead atoms. The predicted octanol–water partition coefficient (Wildman–Crippen LogP) is 3.26. The number of nitrogens with zero attached hydrogens (tertiary/aromatic N) is 3. The van der Waals surface area contributed by atoms with Crippen LogP contribution < -0.4 is 10.6 Å². The van der Waals surface area contributed by atoms with E-state index >= 15 is 0 Å². The normalized spacial score (nSPS) is 12.8. The van der Waals surface area contributed by atoms with Crippen molar-refractivity contribution in [2.24, 2.45) is 4.99 Å². The van der Waals surface area contributed by atoms with Gasteiger partial charge in [0, 0.05) is 26.0 Å². The molecule has 0 amide bonds. The van der Waals surface area contributed by atoms with E-state index in [4.69, 9.17) is 4.42 Å². The Labute approximate surface area is 154 Å². The first-order chi connectivity index (χ1) is 12.7. The molecule has 0 saturated carbocycles. The summed E-state index contributed by atoms with van der Waals surface area (Å²) < 4.78 is 7.80. The summed E-state index contributed by atoms with van der Waals surface area (Å²) in [5.41, 5.74) is 1.25. The van der Waals surface area contributed by atoms with Crippen LogP contribution in [0.1, 0.15) is 35.9 Å². The molecule has 0 aliphatic rings. The summed E-state index contributed by atoms with van der Waals surface area (Å²) in [4.78, 5) is 8.75. The number of nitrogens with one attached hydrogen (secondary N) is 2. The van der Waals surface area contributed by atoms with Gasteiger partial charge in [0.1, 0.15) is 17.3 Å². The fraction of sp³-hybridized carbons (Fsp3) is 0.300. The van der Waals surface area contributed by atoms with Gasteiger partial charge in [-0.05, 0) is 31.5 Å². The van der Waals surface area contributed by atoms with E-state index in [0.717, 1.165) is 23.9 Å². The summed E-state index contributed by atoms with van der Waals surface area (Å²) in [6.45, 7) is 5.37. The molecule has 0 fully saturated rings. The zero-order chi connectivity index (χ0) is 18.4. The molecule has 1 unspecified atom stereocenters. The Bertz CT molecular complexity index is 850. The van der Waals surface area contributed by atoms with E-state index in [2.05, 4.69) is 37.3 Å². The number of guanidine groups is 1. The van der Waals surface area contributed by atoms with Crippen molar-refractivity contribution in [3.05, 3.63) is 77.8 Å². The van der Waals surface area contributed by atoms with Crippen LogP contribution >= 0.6 is 0 Å². The zero-order valence-corrected chi connectivity index (χ0v) is 15.4. The third-order valence-corrected chi connectivity index (χ3v) is 4.18. The molecule has 2 N–H and O–H groups in total. The topological polar surface area (TPSA) is 67.4 Å². The minimum Gasteiger partial charge on any atom is -0.464 e. The predicted molar refractivity (Wildman–Crippen MR) is 103 cm³/mol. The number of aliphatic imine (C=N–C) groups is 1. The van der Waals surface area contributed by atoms with Crippen LogP contribution in [0, 0.1) is 6.92 Å². The second-order valence-corrected chi connectivity index (χ2v) is 6.20. The lowest BCUT2D eigenvalue weighted by atomic mass is 10.2. The van der Waals surface area contributed by atoms with Crippen molar-refractivity contribution in [1.29, 1.82) is 0 Å². The molecule has 0 spiro atoms. The van der Waals surface area contributed by atoms with Crippen molar-refractivity contribution >= 4 is 5.96 Å². The molecular weight excluding hydrogens is 326 g/mol. The molecule has 2 aromatic heterocycles. The Morgan fingerprint density at radius 3 is 2.73 bits per heavy atom. The number of aromatic nitrogens is 2. The molecule has 6 heteroatoms. The standard InChI is InChI=1S/C20H25N5O/c1-15-9-10-18(26-15)16(2)24-20(21-3)23-13-19-22-11-12-25(19)14-17-7-5-4-6-8-17/h4-12,16H,13-14H2,1-3H3,(H2,21,23,24). The number of hydrogen-bond donors (Lipinski definition) is 2. The highest BCUT2D eigenvalue weighted by atomic mass is 16.3. The van der Waals surface area contributed by atoms with Gasteiger partial charge in [-0.2, -0.15) is 0 Å². The van der Waals surface area contributed by atoms with Gasteiger partial charge in [0.15, 0.2) is 5.96 Å². The summed E-state index contributed by atoms with van der Waals surface area (Å²) in [5, 5.41) is 6.66. The van der Waals surface area contributed by atoms with Crippen molar-refractivity contribution in [1.82, 2.24) is 20.2 Å². The van der Waals surface area contributed by atoms with Crippen LogP contribution in [0.3, 0.4) is 0 Å². The van der Waals surface area contributed by atoms with Gasteiger partial charge in [-0.15, -0.1) is 0 Å². The number of rotatable bonds is 6. The van der Waals surface area contributed by atoms with Gasteiger partial charge in [-0.1, -0.05) is 30.3 Å². The number of benzene rings is 1. The summed E-state index contributed by atoms with van der Waals surface area (Å²) in [7, 11) is 1.76. The van der Waals surface area contributed by atoms with Crippen molar-refractivity contribution in [3.63, 3.8) is 0 Å². The van der Waals surface area contributed by atoms with E-state index in [1.54, 1.807) is 7.05 Å². The molecule has 0 aliphatic carbocycles. The van der Waals surface area contributed by atoms with Crippen molar-refractivity contribution < 1.29 is 4.42 Å². The number of furan rings is 1. The Balaban J connectivity index is 1.58. The maximum Gasteiger partial charge on any atom is 0.191 e. The first-order valence-corrected chi connectivity index (χ1v) is 8.73. The maximum absolute atomic E-state index is 5.66. The Kier molecular flexibility index (Phi) is 5.73. The van der Waals surface area contributed by atoms with Crippen LogP contribution in [0.4, 0.5) is 0 Å². The molecule has 2 heterocycles. The summed E-state index contributed by atoms with van der Waals surface area (Å²) in [6, 6.07) is 14.3. The van der Waals surface area contributed by atoms with Crippen LogP contribution in [-0.2, 0) is 13.1 Å². The van der Waals surface area contributed by atoms with Crippen LogP contribution in [0.5, 0.6) is 0 Å². The third kappa shape index (κ3) is 4.53. The minimum absolute atomic E-state index is 0.0268. The van der Waals surface area contributed by atoms with Gasteiger partial charge in [0.2, 0.25) is 0 Å². The molecule has 136 valence electrons. The highest BCUT2D eigenvalue weighted by molar-refractivity contribution is 5.79. The SMILES string of the molecule is CN=C(NCc1nccn1Cc1ccccc1)NC(C)c1ccc(C)o1. The molecule has 3 rings (SSSR count). The fourth-order valence-electron chi connectivity index (χ4n) is 2.75. The average Bonchev–Trinajstić information content (AvgIpc) is 3.28. The smallest absolute Gasteiger partial charge is 0.191 e. The van der Waals surface area contributed by atoms with Gasteiger partial charge in [0.25, 0.3) is 0 Å². The lowest BCUT2D eigenvalue weighted by Crippen LogP contribution is -2.38. The highest BCUT2D eigenvalue weighted by Crippen LogP contribution is 2.15. The van der Waals surface area contributed by atoms with E-state index in [-0.39, 0.29) is 6.04 Å². The molecule has 0 radical (unpaired) electrons. The van der Waals surface area contributed by atoms with Crippen LogP contribution in [-0.4, -0.2) is 22.6 Å². The summed E-state index contributed by atoms with van der Waals surface area (Å²) in [6.07, 6.45) is 3.82. The highest BCUT2D eigenvalue weighted by Gasteiger charge is 2.12. The fourth-order valence-corrected chi connectivity index (χ4v) is 2.75. The zero-order valence-electron chi connectivity index (χ0n) is 15.4. The van der Waals surface area contributed by atoms with E-state index < -0.39 is 0 Å². The second kappa shape index (κ2) is 8.38. The molecule has 3 aromatic rings. The second-order valence-electron chi connectivity index (χ2n) is 6.20. The van der Waals surface area contributed by atoms with E-state index in [1.807, 2.05) is 56.6 Å². The first kappa shape index (κ1) is 17.8. The summed E-state index contributed by atoms with van der Waals surface area (Å²) in [5.74, 6) is 3.45. The van der Waals surface area contributed by atoms with E-state index in [9.17, 15) is 0 Å². The molecule has 0 aliphatic heterocycles. The van der Waals surface area contributed by atoms with Crippen LogP contribution in [0.25, 0.3) is 0 Å². The van der Waals surface area contributed by atoms with Crippen LogP contribution in [0.15, 0.2) is 64.3 Å². The van der Waals surface area contributed by atoms with Crippen LogP contribution in [0.2, 0.25) is 0 Å². The van der Waals surface area contributed by atoms with Gasteiger partial charge < -0.3 is 19.6 Å². The quantitative estimate of drug-likeness (QED) is 0.528. The lowest BCUT2D eigenvalue weighted by Gasteiger charge is -2.16. The number of hydrogen-bond acceptors (Lipinski definition) is 3. The van der Waals surface area contributed by atoms with Gasteiger partial charge in [-0.25, -0.2) is 4.98 Å². The Hall–Kier alpha value is -3.02. The lowest BCUT2D eigenvalue weighted by molar-refractivity contribution is 0.441. The minimum atomic E-state index is 0.0268. The Morgan fingerprint density at radius 2 is 2.04 bits per heavy atom. The van der Waals surface area contributed by atoms with E-state index in [1.165, 1.54) is 5.56 Å². The average molecular weight is 351 g/mol. The molecule has 26 heavy (non-hydrogen) atoms. The molecule has 1 atom stereocenters. The largest absolute Gasteiger partial charge is 0.464 e. The van der Waals surface area contributed by atoms with E-state index in [0.29, 0.717) is 12.5 Å². The molecular formula is C20H25N5O. The summed E-state index contributed by atoms with van der Waals surface area (Å²) >= 11 is 0. The molecule has 0 saturated heterocycles. The van der Waals surface area contributed by atoms with Gasteiger partial charge in [0.05, 0.1) is 12.6 Å². The van der Waals surface area contributed by atoms with Crippen molar-refractivity contribution in [2.75, 3.05) is 7.05 Å². The van der Waals surface area contributed by atoms with Gasteiger partial charge >= 0.3 is 0 Å². The number of imidazole rings is 1. The monoisotopic (exact) mass is 351 g/mol. The maximum atomic E-state index is 5.66. The van der Waals surface area contributed by atoms with Crippen molar-refractivity contribution in [3.8, 4) is 0 Å². The molecule has 6 nitrogen and oxygen atoms in total. The number of aryl methyl sites for hydroxylation is 1. The first-order valence-electron chi connectivity index (χ1n) is 8.73.